The Labute approximate surface area is 149 Å². The summed E-state index contributed by atoms with van der Waals surface area (Å²) in [5.74, 6) is 0.0518. The number of nitro benzene ring substituents is 1. The summed E-state index contributed by atoms with van der Waals surface area (Å²) in [6.07, 6.45) is 0.717. The van der Waals surface area contributed by atoms with Gasteiger partial charge in [-0.1, -0.05) is 12.1 Å². The second kappa shape index (κ2) is 7.37. The lowest BCUT2D eigenvalue weighted by Gasteiger charge is -2.10. The van der Waals surface area contributed by atoms with E-state index in [1.54, 1.807) is 24.3 Å². The molecule has 1 aromatic heterocycles. The second-order valence-electron chi connectivity index (χ2n) is 6.15. The molecule has 0 amide bonds. The molecule has 0 unspecified atom stereocenters. The van der Waals surface area contributed by atoms with Crippen molar-refractivity contribution in [2.75, 3.05) is 6.54 Å². The predicted octanol–water partition coefficient (Wildman–Crippen LogP) is 2.78. The number of nitrogens with one attached hydrogen (secondary N) is 2. The number of hydrogen-bond donors (Lipinski definition) is 3. The molecule has 3 N–H and O–H groups in total. The van der Waals surface area contributed by atoms with Crippen LogP contribution in [0.15, 0.2) is 47.3 Å². The Morgan fingerprint density at radius 3 is 2.65 bits per heavy atom. The number of non-ortho nitro benzene ring substituents is 1. The summed E-state index contributed by atoms with van der Waals surface area (Å²) in [6, 6.07) is 11.4. The van der Waals surface area contributed by atoms with Gasteiger partial charge in [-0.05, 0) is 48.7 Å². The fourth-order valence-electron chi connectivity index (χ4n) is 2.95. The Kier molecular flexibility index (Phi) is 4.99. The normalized spacial score (nSPS) is 11.0. The number of aromatic hydroxyl groups is 1. The van der Waals surface area contributed by atoms with Crippen molar-refractivity contribution >= 4 is 16.6 Å². The first-order chi connectivity index (χ1) is 12.5. The summed E-state index contributed by atoms with van der Waals surface area (Å²) < 4.78 is 0. The molecule has 0 aliphatic heterocycles. The fourth-order valence-corrected chi connectivity index (χ4v) is 2.95. The summed E-state index contributed by atoms with van der Waals surface area (Å²) in [4.78, 5) is 24.5. The van der Waals surface area contributed by atoms with Crippen molar-refractivity contribution in [1.82, 2.24) is 10.3 Å². The van der Waals surface area contributed by atoms with Crippen LogP contribution in [0.5, 0.6) is 5.75 Å². The van der Waals surface area contributed by atoms with E-state index in [2.05, 4.69) is 10.3 Å². The van der Waals surface area contributed by atoms with Crippen molar-refractivity contribution in [2.24, 2.45) is 0 Å². The third kappa shape index (κ3) is 3.73. The molecule has 0 aliphatic rings. The van der Waals surface area contributed by atoms with Crippen LogP contribution in [0.4, 0.5) is 5.69 Å². The Bertz CT molecular complexity index is 1030. The van der Waals surface area contributed by atoms with Crippen molar-refractivity contribution in [3.05, 3.63) is 79.6 Å². The van der Waals surface area contributed by atoms with Crippen LogP contribution in [0.1, 0.15) is 16.7 Å². The number of benzene rings is 2. The molecule has 3 rings (SSSR count). The quantitative estimate of drug-likeness (QED) is 0.359. The van der Waals surface area contributed by atoms with Gasteiger partial charge in [0.05, 0.1) is 10.4 Å². The molecule has 0 saturated heterocycles. The number of H-pyrrole nitrogens is 1. The van der Waals surface area contributed by atoms with Gasteiger partial charge in [0.1, 0.15) is 5.75 Å². The molecule has 134 valence electrons. The number of pyridine rings is 1. The number of rotatable bonds is 6. The maximum Gasteiger partial charge on any atom is 0.269 e. The Hall–Kier alpha value is -3.19. The van der Waals surface area contributed by atoms with Gasteiger partial charge < -0.3 is 15.4 Å². The van der Waals surface area contributed by atoms with Crippen molar-refractivity contribution < 1.29 is 10.0 Å². The van der Waals surface area contributed by atoms with Crippen molar-refractivity contribution in [3.8, 4) is 5.75 Å². The van der Waals surface area contributed by atoms with Crippen LogP contribution in [-0.2, 0) is 13.0 Å². The zero-order chi connectivity index (χ0) is 18.7. The van der Waals surface area contributed by atoms with Gasteiger partial charge >= 0.3 is 0 Å². The first kappa shape index (κ1) is 17.6. The molecule has 1 heterocycles. The van der Waals surface area contributed by atoms with Crippen LogP contribution in [0, 0.1) is 17.0 Å². The SMILES string of the molecule is Cc1cc([N+](=O)[O-])ccc1CNCCc1ccc(O)c2[nH]c(=O)ccc12. The standard InChI is InChI=1S/C19H19N3O4/c1-12-10-15(22(25)26)4-2-14(12)11-20-9-8-13-3-6-17(23)19-16(13)5-7-18(24)21-19/h2-7,10,20,23H,8-9,11H2,1H3,(H,21,24). The maximum absolute atomic E-state index is 11.4. The van der Waals surface area contributed by atoms with E-state index < -0.39 is 4.92 Å². The van der Waals surface area contributed by atoms with Crippen molar-refractivity contribution in [3.63, 3.8) is 0 Å². The number of phenols is 1. The smallest absolute Gasteiger partial charge is 0.269 e. The molecule has 26 heavy (non-hydrogen) atoms. The molecule has 0 fully saturated rings. The highest BCUT2D eigenvalue weighted by Gasteiger charge is 2.09. The molecule has 0 bridgehead atoms. The summed E-state index contributed by atoms with van der Waals surface area (Å²) in [5.41, 5.74) is 3.19. The average molecular weight is 353 g/mol. The predicted molar refractivity (Wildman–Crippen MR) is 99.5 cm³/mol. The molecule has 2 aromatic carbocycles. The van der Waals surface area contributed by atoms with Gasteiger partial charge in [0.2, 0.25) is 5.56 Å². The van der Waals surface area contributed by atoms with E-state index in [4.69, 9.17) is 0 Å². The van der Waals surface area contributed by atoms with Gasteiger partial charge in [-0.2, -0.15) is 0 Å². The van der Waals surface area contributed by atoms with E-state index in [0.717, 1.165) is 28.5 Å². The number of nitrogens with zero attached hydrogens (tertiary/aromatic N) is 1. The van der Waals surface area contributed by atoms with Gasteiger partial charge in [0, 0.05) is 30.1 Å². The minimum atomic E-state index is -0.398. The molecule has 0 radical (unpaired) electrons. The zero-order valence-electron chi connectivity index (χ0n) is 14.3. The molecule has 3 aromatic rings. The summed E-state index contributed by atoms with van der Waals surface area (Å²) in [7, 11) is 0. The molecule has 7 nitrogen and oxygen atoms in total. The number of hydrogen-bond acceptors (Lipinski definition) is 5. The van der Waals surface area contributed by atoms with Gasteiger partial charge in [0.15, 0.2) is 0 Å². The van der Waals surface area contributed by atoms with Crippen molar-refractivity contribution in [2.45, 2.75) is 19.9 Å². The van der Waals surface area contributed by atoms with Crippen LogP contribution in [0.3, 0.4) is 0 Å². The van der Waals surface area contributed by atoms with Crippen molar-refractivity contribution in [1.29, 1.82) is 0 Å². The first-order valence-electron chi connectivity index (χ1n) is 8.24. The summed E-state index contributed by atoms with van der Waals surface area (Å²) >= 11 is 0. The number of fused-ring (bicyclic) bond motifs is 1. The molecular formula is C19H19N3O4. The number of phenolic OH excluding ortho intramolecular Hbond substituents is 1. The lowest BCUT2D eigenvalue weighted by molar-refractivity contribution is -0.384. The number of aromatic nitrogens is 1. The van der Waals surface area contributed by atoms with Gasteiger partial charge in [-0.25, -0.2) is 0 Å². The third-order valence-corrected chi connectivity index (χ3v) is 4.39. The van der Waals surface area contributed by atoms with E-state index in [1.807, 2.05) is 13.0 Å². The molecule has 0 spiro atoms. The fraction of sp³-hybridized carbons (Fsp3) is 0.211. The maximum atomic E-state index is 11.4. The minimum Gasteiger partial charge on any atom is -0.506 e. The van der Waals surface area contributed by atoms with Gasteiger partial charge in [-0.15, -0.1) is 0 Å². The molecule has 0 aliphatic carbocycles. The lowest BCUT2D eigenvalue weighted by Crippen LogP contribution is -2.17. The highest BCUT2D eigenvalue weighted by Crippen LogP contribution is 2.24. The van der Waals surface area contributed by atoms with Crippen LogP contribution in [0.25, 0.3) is 10.9 Å². The second-order valence-corrected chi connectivity index (χ2v) is 6.15. The lowest BCUT2D eigenvalue weighted by atomic mass is 10.0. The number of aryl methyl sites for hydroxylation is 1. The van der Waals surface area contributed by atoms with Crippen LogP contribution in [0.2, 0.25) is 0 Å². The zero-order valence-corrected chi connectivity index (χ0v) is 14.3. The van der Waals surface area contributed by atoms with Crippen LogP contribution >= 0.6 is 0 Å². The van der Waals surface area contributed by atoms with E-state index in [0.29, 0.717) is 18.6 Å². The Morgan fingerprint density at radius 1 is 1.15 bits per heavy atom. The van der Waals surface area contributed by atoms with E-state index >= 15 is 0 Å². The Balaban J connectivity index is 1.66. The third-order valence-electron chi connectivity index (χ3n) is 4.39. The highest BCUT2D eigenvalue weighted by molar-refractivity contribution is 5.87. The Morgan fingerprint density at radius 2 is 1.92 bits per heavy atom. The van der Waals surface area contributed by atoms with E-state index in [-0.39, 0.29) is 17.0 Å². The average Bonchev–Trinajstić information content (AvgIpc) is 2.61. The summed E-state index contributed by atoms with van der Waals surface area (Å²) in [6.45, 7) is 3.15. The number of aromatic amines is 1. The molecule has 0 atom stereocenters. The summed E-state index contributed by atoms with van der Waals surface area (Å²) in [5, 5.41) is 24.8. The van der Waals surface area contributed by atoms with Crippen LogP contribution in [-0.4, -0.2) is 21.6 Å². The topological polar surface area (TPSA) is 108 Å². The van der Waals surface area contributed by atoms with E-state index in [1.165, 1.54) is 12.1 Å². The first-order valence-corrected chi connectivity index (χ1v) is 8.24. The largest absolute Gasteiger partial charge is 0.506 e. The molecular weight excluding hydrogens is 334 g/mol. The highest BCUT2D eigenvalue weighted by atomic mass is 16.6. The van der Waals surface area contributed by atoms with Gasteiger partial charge in [0.25, 0.3) is 5.69 Å². The monoisotopic (exact) mass is 353 g/mol. The van der Waals surface area contributed by atoms with Gasteiger partial charge in [-0.3, -0.25) is 14.9 Å². The van der Waals surface area contributed by atoms with E-state index in [9.17, 15) is 20.0 Å². The number of nitro groups is 1. The molecule has 7 heteroatoms. The molecule has 0 saturated carbocycles. The minimum absolute atomic E-state index is 0.0518. The van der Waals surface area contributed by atoms with Crippen LogP contribution < -0.4 is 10.9 Å².